The Hall–Kier alpha value is -3.53. The van der Waals surface area contributed by atoms with E-state index in [-0.39, 0.29) is 12.1 Å². The summed E-state index contributed by atoms with van der Waals surface area (Å²) in [7, 11) is 0. The Morgan fingerprint density at radius 2 is 1.86 bits per heavy atom. The number of nitrogens with zero attached hydrogens (tertiary/aromatic N) is 4. The summed E-state index contributed by atoms with van der Waals surface area (Å²) in [6.45, 7) is 0. The zero-order chi connectivity index (χ0) is 19.9. The molecule has 1 unspecified atom stereocenters. The third kappa shape index (κ3) is 4.60. The van der Waals surface area contributed by atoms with Gasteiger partial charge in [-0.05, 0) is 42.7 Å². The Morgan fingerprint density at radius 3 is 2.54 bits per heavy atom. The first kappa shape index (κ1) is 19.2. The van der Waals surface area contributed by atoms with Gasteiger partial charge in [-0.2, -0.15) is 8.75 Å². The molecule has 3 aromatic heterocycles. The Labute approximate surface area is 164 Å². The van der Waals surface area contributed by atoms with Crippen LogP contribution in [0, 0.1) is 0 Å². The number of nitrogens with two attached hydrogens (primary N) is 1. The number of pyridine rings is 2. The molecular formula is C18H16N6O3S. The molecule has 10 heteroatoms. The molecule has 0 saturated carbocycles. The van der Waals surface area contributed by atoms with E-state index in [4.69, 9.17) is 5.73 Å². The van der Waals surface area contributed by atoms with Gasteiger partial charge in [0.25, 0.3) is 11.8 Å². The molecule has 1 atom stereocenters. The molecule has 2 amide bonds. The first-order chi connectivity index (χ1) is 13.6. The summed E-state index contributed by atoms with van der Waals surface area (Å²) >= 11 is 0.857. The number of hydrogen-bond acceptors (Lipinski definition) is 8. The maximum Gasteiger partial charge on any atom is 0.287 e. The van der Waals surface area contributed by atoms with E-state index in [1.807, 2.05) is 0 Å². The van der Waals surface area contributed by atoms with Gasteiger partial charge in [-0.25, -0.2) is 0 Å². The number of hydrogen-bond donors (Lipinski definition) is 2. The molecule has 0 radical (unpaired) electrons. The van der Waals surface area contributed by atoms with Gasteiger partial charge < -0.3 is 11.1 Å². The molecular weight excluding hydrogens is 380 g/mol. The van der Waals surface area contributed by atoms with Crippen LogP contribution in [0.3, 0.4) is 0 Å². The van der Waals surface area contributed by atoms with Gasteiger partial charge in [0, 0.05) is 18.6 Å². The average Bonchev–Trinajstić information content (AvgIpc) is 3.22. The van der Waals surface area contributed by atoms with E-state index in [0.29, 0.717) is 17.8 Å². The highest BCUT2D eigenvalue weighted by Gasteiger charge is 2.28. The first-order valence-corrected chi connectivity index (χ1v) is 9.06. The van der Waals surface area contributed by atoms with Gasteiger partial charge >= 0.3 is 0 Å². The van der Waals surface area contributed by atoms with Gasteiger partial charge in [0.05, 0.1) is 23.5 Å². The molecule has 0 aliphatic heterocycles. The quantitative estimate of drug-likeness (QED) is 0.536. The molecule has 3 heterocycles. The van der Waals surface area contributed by atoms with Crippen molar-refractivity contribution in [1.29, 1.82) is 0 Å². The minimum Gasteiger partial charge on any atom is -0.363 e. The summed E-state index contributed by atoms with van der Waals surface area (Å²) in [6, 6.07) is 7.70. The largest absolute Gasteiger partial charge is 0.363 e. The number of carbonyl (C=O) groups excluding carboxylic acids is 3. The van der Waals surface area contributed by atoms with E-state index in [0.717, 1.165) is 17.3 Å². The first-order valence-electron chi connectivity index (χ1n) is 8.33. The molecule has 0 fully saturated rings. The van der Waals surface area contributed by atoms with E-state index in [1.165, 1.54) is 0 Å². The van der Waals surface area contributed by atoms with Crippen molar-refractivity contribution in [3.05, 3.63) is 60.2 Å². The van der Waals surface area contributed by atoms with E-state index in [2.05, 4.69) is 24.0 Å². The Bertz CT molecular complexity index is 977. The highest BCUT2D eigenvalue weighted by atomic mass is 32.1. The van der Waals surface area contributed by atoms with Crippen LogP contribution in [0.5, 0.6) is 0 Å². The number of aryl methyl sites for hydroxylation is 1. The van der Waals surface area contributed by atoms with Gasteiger partial charge in [-0.3, -0.25) is 24.4 Å². The predicted octanol–water partition coefficient (Wildman–Crippen LogP) is 0.781. The van der Waals surface area contributed by atoms with Crippen LogP contribution in [0.25, 0.3) is 11.4 Å². The molecule has 28 heavy (non-hydrogen) atoms. The minimum atomic E-state index is -1.11. The number of carbonyl (C=O) groups is 3. The fourth-order valence-electron chi connectivity index (χ4n) is 2.54. The van der Waals surface area contributed by atoms with Crippen molar-refractivity contribution in [2.75, 3.05) is 0 Å². The van der Waals surface area contributed by atoms with Gasteiger partial charge in [0.2, 0.25) is 5.78 Å². The van der Waals surface area contributed by atoms with Crippen molar-refractivity contribution in [2.45, 2.75) is 18.9 Å². The molecule has 0 aliphatic rings. The molecule has 0 aromatic carbocycles. The summed E-state index contributed by atoms with van der Waals surface area (Å²) in [5.74, 6) is -2.60. The lowest BCUT2D eigenvalue weighted by Gasteiger charge is -2.15. The second-order valence-corrected chi connectivity index (χ2v) is 6.35. The van der Waals surface area contributed by atoms with Gasteiger partial charge in [0.15, 0.2) is 5.69 Å². The fraction of sp³-hybridized carbons (Fsp3) is 0.167. The van der Waals surface area contributed by atoms with Crippen LogP contribution in [-0.4, -0.2) is 42.4 Å². The van der Waals surface area contributed by atoms with Crippen LogP contribution >= 0.6 is 11.7 Å². The lowest BCUT2D eigenvalue weighted by molar-refractivity contribution is -0.137. The van der Waals surface area contributed by atoms with Crippen molar-refractivity contribution in [3.63, 3.8) is 0 Å². The highest BCUT2D eigenvalue weighted by Crippen LogP contribution is 2.19. The van der Waals surface area contributed by atoms with E-state index < -0.39 is 23.6 Å². The predicted molar refractivity (Wildman–Crippen MR) is 101 cm³/mol. The maximum atomic E-state index is 12.7. The topological polar surface area (TPSA) is 141 Å². The molecule has 0 saturated heterocycles. The normalized spacial score (nSPS) is 11.6. The summed E-state index contributed by atoms with van der Waals surface area (Å²) in [6.07, 6.45) is 5.48. The number of ketones is 1. The lowest BCUT2D eigenvalue weighted by Crippen LogP contribution is -2.46. The van der Waals surface area contributed by atoms with Crippen molar-refractivity contribution in [2.24, 2.45) is 5.73 Å². The Morgan fingerprint density at radius 1 is 1.07 bits per heavy atom. The van der Waals surface area contributed by atoms with Crippen molar-refractivity contribution < 1.29 is 14.4 Å². The van der Waals surface area contributed by atoms with Crippen molar-refractivity contribution in [1.82, 2.24) is 24.0 Å². The van der Waals surface area contributed by atoms with Crippen molar-refractivity contribution >= 4 is 29.3 Å². The van der Waals surface area contributed by atoms with Gasteiger partial charge in [0.1, 0.15) is 5.69 Å². The lowest BCUT2D eigenvalue weighted by atomic mass is 10.0. The van der Waals surface area contributed by atoms with Gasteiger partial charge in [-0.1, -0.05) is 6.07 Å². The summed E-state index contributed by atoms with van der Waals surface area (Å²) < 4.78 is 8.12. The molecule has 9 nitrogen and oxygen atoms in total. The standard InChI is InChI=1S/C18H16N6O3S/c19-17(26)16(25)13(5-4-11-6-9-20-10-7-11)22-18(27)15-14(23-28-24-15)12-3-1-2-8-21-12/h1-3,6-10,13H,4-5H2,(H2,19,26)(H,22,27). The van der Waals surface area contributed by atoms with E-state index in [1.54, 1.807) is 48.9 Å². The van der Waals surface area contributed by atoms with Crippen LogP contribution < -0.4 is 11.1 Å². The molecule has 0 spiro atoms. The number of Topliss-reactive ketones (excluding diaryl/α,β-unsaturated/α-hetero) is 1. The molecule has 142 valence electrons. The van der Waals surface area contributed by atoms with Crippen LogP contribution in [0.4, 0.5) is 0 Å². The number of aromatic nitrogens is 4. The van der Waals surface area contributed by atoms with Crippen LogP contribution in [0.1, 0.15) is 22.5 Å². The monoisotopic (exact) mass is 396 g/mol. The summed E-state index contributed by atoms with van der Waals surface area (Å²) in [5, 5.41) is 2.55. The SMILES string of the molecule is NC(=O)C(=O)C(CCc1ccncc1)NC(=O)c1nsnc1-c1ccccn1. The molecule has 0 bridgehead atoms. The number of nitrogens with one attached hydrogen (secondary N) is 1. The van der Waals surface area contributed by atoms with E-state index >= 15 is 0 Å². The van der Waals surface area contributed by atoms with Crippen LogP contribution in [0.2, 0.25) is 0 Å². The smallest absolute Gasteiger partial charge is 0.287 e. The number of amides is 2. The second-order valence-electron chi connectivity index (χ2n) is 5.83. The molecule has 0 aliphatic carbocycles. The fourth-order valence-corrected chi connectivity index (χ4v) is 3.09. The molecule has 3 aromatic rings. The summed E-state index contributed by atoms with van der Waals surface area (Å²) in [4.78, 5) is 44.3. The van der Waals surface area contributed by atoms with E-state index in [9.17, 15) is 14.4 Å². The number of rotatable bonds is 8. The minimum absolute atomic E-state index is 0.0369. The van der Waals surface area contributed by atoms with Crippen molar-refractivity contribution in [3.8, 4) is 11.4 Å². The van der Waals surface area contributed by atoms with Crippen LogP contribution in [-0.2, 0) is 16.0 Å². The Balaban J connectivity index is 1.77. The summed E-state index contributed by atoms with van der Waals surface area (Å²) in [5.41, 5.74) is 6.88. The maximum absolute atomic E-state index is 12.7. The Kier molecular flexibility index (Phi) is 6.12. The average molecular weight is 396 g/mol. The zero-order valence-electron chi connectivity index (χ0n) is 14.6. The second kappa shape index (κ2) is 8.91. The number of primary amides is 1. The van der Waals surface area contributed by atoms with Gasteiger partial charge in [-0.15, -0.1) is 0 Å². The molecule has 3 rings (SSSR count). The third-order valence-corrected chi connectivity index (χ3v) is 4.48. The van der Waals surface area contributed by atoms with Crippen LogP contribution in [0.15, 0.2) is 48.9 Å². The highest BCUT2D eigenvalue weighted by molar-refractivity contribution is 6.99. The zero-order valence-corrected chi connectivity index (χ0v) is 15.4. The molecule has 3 N–H and O–H groups in total. The third-order valence-electron chi connectivity index (χ3n) is 3.95.